The lowest BCUT2D eigenvalue weighted by Gasteiger charge is -2.22. The largest absolute Gasteiger partial charge is 0.391 e. The molecular formula is C9H18N2. The number of hydrogen-bond donors (Lipinski definition) is 2. The van der Waals surface area contributed by atoms with E-state index in [1.807, 2.05) is 13.1 Å². The maximum Gasteiger partial charge on any atom is 0.0300 e. The molecule has 11 heavy (non-hydrogen) atoms. The molecule has 0 aliphatic heterocycles. The van der Waals surface area contributed by atoms with Crippen molar-refractivity contribution in [1.29, 1.82) is 5.41 Å². The van der Waals surface area contributed by atoms with Crippen LogP contribution >= 0.6 is 0 Å². The molecule has 0 saturated carbocycles. The van der Waals surface area contributed by atoms with Gasteiger partial charge < -0.3 is 10.7 Å². The molecule has 0 aromatic carbocycles. The summed E-state index contributed by atoms with van der Waals surface area (Å²) >= 11 is 0. The van der Waals surface area contributed by atoms with Gasteiger partial charge in [-0.05, 0) is 13.0 Å². The van der Waals surface area contributed by atoms with Crippen LogP contribution in [0.5, 0.6) is 0 Å². The Morgan fingerprint density at radius 3 is 1.91 bits per heavy atom. The first kappa shape index (κ1) is 10.2. The SMILES string of the molecule is CN/C(=C\C(C)=N)C(C)(C)C. The summed E-state index contributed by atoms with van der Waals surface area (Å²) in [5, 5.41) is 10.4. The smallest absolute Gasteiger partial charge is 0.0300 e. The summed E-state index contributed by atoms with van der Waals surface area (Å²) in [4.78, 5) is 0. The average Bonchev–Trinajstić information content (AvgIpc) is 1.79. The van der Waals surface area contributed by atoms with Gasteiger partial charge >= 0.3 is 0 Å². The third-order valence-electron chi connectivity index (χ3n) is 1.44. The number of allylic oxidation sites excluding steroid dienone is 2. The van der Waals surface area contributed by atoms with Gasteiger partial charge in [0.2, 0.25) is 0 Å². The fourth-order valence-corrected chi connectivity index (χ4v) is 0.880. The van der Waals surface area contributed by atoms with E-state index in [0.717, 1.165) is 5.70 Å². The quantitative estimate of drug-likeness (QED) is 0.587. The minimum atomic E-state index is 0.108. The van der Waals surface area contributed by atoms with Crippen LogP contribution in [0.2, 0.25) is 0 Å². The van der Waals surface area contributed by atoms with Crippen LogP contribution in [0, 0.1) is 10.8 Å². The molecule has 2 N–H and O–H groups in total. The van der Waals surface area contributed by atoms with Crippen LogP contribution in [0.25, 0.3) is 0 Å². The van der Waals surface area contributed by atoms with Gasteiger partial charge in [-0.25, -0.2) is 0 Å². The molecule has 0 radical (unpaired) electrons. The summed E-state index contributed by atoms with van der Waals surface area (Å²) in [6, 6.07) is 0. The van der Waals surface area contributed by atoms with Crippen molar-refractivity contribution < 1.29 is 0 Å². The van der Waals surface area contributed by atoms with Crippen molar-refractivity contribution in [3.05, 3.63) is 11.8 Å². The lowest BCUT2D eigenvalue weighted by Crippen LogP contribution is -2.21. The maximum atomic E-state index is 7.29. The summed E-state index contributed by atoms with van der Waals surface area (Å²) in [6.45, 7) is 8.15. The molecule has 0 fully saturated rings. The van der Waals surface area contributed by atoms with E-state index >= 15 is 0 Å². The second kappa shape index (κ2) is 3.56. The summed E-state index contributed by atoms with van der Waals surface area (Å²) in [5.41, 5.74) is 1.80. The molecule has 64 valence electrons. The molecule has 2 nitrogen and oxygen atoms in total. The lowest BCUT2D eigenvalue weighted by molar-refractivity contribution is 0.473. The van der Waals surface area contributed by atoms with Gasteiger partial charge in [-0.15, -0.1) is 0 Å². The number of nitrogens with one attached hydrogen (secondary N) is 2. The zero-order chi connectivity index (χ0) is 9.07. The minimum absolute atomic E-state index is 0.108. The van der Waals surface area contributed by atoms with E-state index < -0.39 is 0 Å². The molecule has 0 saturated heterocycles. The molecule has 0 aliphatic rings. The first-order chi connectivity index (χ1) is 4.88. The third-order valence-corrected chi connectivity index (χ3v) is 1.44. The third kappa shape index (κ3) is 3.81. The van der Waals surface area contributed by atoms with Crippen molar-refractivity contribution in [2.45, 2.75) is 27.7 Å². The van der Waals surface area contributed by atoms with Crippen molar-refractivity contribution >= 4 is 5.71 Å². The van der Waals surface area contributed by atoms with Crippen molar-refractivity contribution in [3.63, 3.8) is 0 Å². The molecular weight excluding hydrogens is 136 g/mol. The number of rotatable bonds is 2. The fourth-order valence-electron chi connectivity index (χ4n) is 0.880. The first-order valence-corrected chi connectivity index (χ1v) is 3.83. The second-order valence-corrected chi connectivity index (χ2v) is 3.74. The Morgan fingerprint density at radius 1 is 1.36 bits per heavy atom. The standard InChI is InChI=1S/C9H18N2/c1-7(10)6-8(11-5)9(2,3)4/h6,10-11H,1-5H3/b8-6-,10-7?. The predicted octanol–water partition coefficient (Wildman–Crippen LogP) is 2.18. The van der Waals surface area contributed by atoms with Gasteiger partial charge in [-0.3, -0.25) is 0 Å². The van der Waals surface area contributed by atoms with Gasteiger partial charge in [0.1, 0.15) is 0 Å². The molecule has 0 aromatic rings. The highest BCUT2D eigenvalue weighted by Crippen LogP contribution is 2.21. The zero-order valence-electron chi connectivity index (χ0n) is 8.08. The van der Waals surface area contributed by atoms with Crippen LogP contribution in [0.1, 0.15) is 27.7 Å². The van der Waals surface area contributed by atoms with E-state index in [-0.39, 0.29) is 5.41 Å². The van der Waals surface area contributed by atoms with Gasteiger partial charge in [0.05, 0.1) is 0 Å². The van der Waals surface area contributed by atoms with Gasteiger partial charge in [0, 0.05) is 23.9 Å². The van der Waals surface area contributed by atoms with E-state index in [1.165, 1.54) is 0 Å². The van der Waals surface area contributed by atoms with Crippen molar-refractivity contribution in [1.82, 2.24) is 5.32 Å². The normalized spacial score (nSPS) is 13.0. The molecule has 0 bridgehead atoms. The Balaban J connectivity index is 4.54. The Labute approximate surface area is 69.2 Å². The van der Waals surface area contributed by atoms with Crippen molar-refractivity contribution in [2.75, 3.05) is 7.05 Å². The summed E-state index contributed by atoms with van der Waals surface area (Å²) < 4.78 is 0. The van der Waals surface area contributed by atoms with Crippen LogP contribution < -0.4 is 5.32 Å². The summed E-state index contributed by atoms with van der Waals surface area (Å²) in [6.07, 6.45) is 1.86. The predicted molar refractivity (Wildman–Crippen MR) is 50.0 cm³/mol. The van der Waals surface area contributed by atoms with E-state index in [0.29, 0.717) is 5.71 Å². The van der Waals surface area contributed by atoms with Gasteiger partial charge in [0.15, 0.2) is 0 Å². The van der Waals surface area contributed by atoms with E-state index in [4.69, 9.17) is 5.41 Å². The van der Waals surface area contributed by atoms with Gasteiger partial charge in [-0.2, -0.15) is 0 Å². The molecule has 0 aliphatic carbocycles. The molecule has 0 amide bonds. The maximum absolute atomic E-state index is 7.29. The Kier molecular flexibility index (Phi) is 3.30. The molecule has 0 aromatic heterocycles. The highest BCUT2D eigenvalue weighted by atomic mass is 14.8. The monoisotopic (exact) mass is 154 g/mol. The van der Waals surface area contributed by atoms with Crippen LogP contribution in [-0.2, 0) is 0 Å². The fraction of sp³-hybridized carbons (Fsp3) is 0.667. The van der Waals surface area contributed by atoms with Crippen LogP contribution in [0.15, 0.2) is 11.8 Å². The van der Waals surface area contributed by atoms with E-state index in [9.17, 15) is 0 Å². The van der Waals surface area contributed by atoms with Crippen LogP contribution in [0.3, 0.4) is 0 Å². The molecule has 0 spiro atoms. The minimum Gasteiger partial charge on any atom is -0.391 e. The highest BCUT2D eigenvalue weighted by molar-refractivity contribution is 5.90. The van der Waals surface area contributed by atoms with E-state index in [2.05, 4.69) is 26.1 Å². The lowest BCUT2D eigenvalue weighted by atomic mass is 9.91. The number of hydrogen-bond acceptors (Lipinski definition) is 2. The summed E-state index contributed by atoms with van der Waals surface area (Å²) in [5.74, 6) is 0. The average molecular weight is 154 g/mol. The summed E-state index contributed by atoms with van der Waals surface area (Å²) in [7, 11) is 1.89. The second-order valence-electron chi connectivity index (χ2n) is 3.74. The molecule has 2 heteroatoms. The molecule has 0 atom stereocenters. The van der Waals surface area contributed by atoms with Crippen LogP contribution in [-0.4, -0.2) is 12.8 Å². The Bertz CT molecular complexity index is 172. The zero-order valence-corrected chi connectivity index (χ0v) is 8.08. The van der Waals surface area contributed by atoms with Crippen molar-refractivity contribution in [3.8, 4) is 0 Å². The highest BCUT2D eigenvalue weighted by Gasteiger charge is 2.14. The molecule has 0 heterocycles. The first-order valence-electron chi connectivity index (χ1n) is 3.83. The molecule has 0 rings (SSSR count). The van der Waals surface area contributed by atoms with Gasteiger partial charge in [0.25, 0.3) is 0 Å². The molecule has 0 unspecified atom stereocenters. The Morgan fingerprint density at radius 2 is 1.82 bits per heavy atom. The van der Waals surface area contributed by atoms with E-state index in [1.54, 1.807) is 6.92 Å². The van der Waals surface area contributed by atoms with Gasteiger partial charge in [-0.1, -0.05) is 20.8 Å². The Hall–Kier alpha value is -0.790. The van der Waals surface area contributed by atoms with Crippen molar-refractivity contribution in [2.24, 2.45) is 5.41 Å². The van der Waals surface area contributed by atoms with Crippen LogP contribution in [0.4, 0.5) is 0 Å². The topological polar surface area (TPSA) is 35.9 Å².